The van der Waals surface area contributed by atoms with Crippen molar-refractivity contribution in [1.29, 1.82) is 0 Å². The van der Waals surface area contributed by atoms with Crippen molar-refractivity contribution in [2.45, 2.75) is 38.9 Å². The third kappa shape index (κ3) is 7.77. The van der Waals surface area contributed by atoms with Crippen molar-refractivity contribution in [2.75, 3.05) is 30.3 Å². The Morgan fingerprint density at radius 1 is 1.33 bits per heavy atom. The Morgan fingerprint density at radius 3 is 2.76 bits per heavy atom. The molecule has 0 fully saturated rings. The summed E-state index contributed by atoms with van der Waals surface area (Å²) in [5, 5.41) is 15.5. The van der Waals surface area contributed by atoms with Crippen LogP contribution in [0.25, 0.3) is 0 Å². The highest BCUT2D eigenvalue weighted by molar-refractivity contribution is 8.00. The zero-order valence-corrected chi connectivity index (χ0v) is 14.6. The van der Waals surface area contributed by atoms with Crippen LogP contribution < -0.4 is 5.32 Å². The van der Waals surface area contributed by atoms with Crippen LogP contribution in [0.15, 0.2) is 5.16 Å². The molecule has 1 aromatic heterocycles. The van der Waals surface area contributed by atoms with Crippen molar-refractivity contribution in [3.05, 3.63) is 0 Å². The molecule has 0 aliphatic rings. The molecule has 21 heavy (non-hydrogen) atoms. The van der Waals surface area contributed by atoms with E-state index in [4.69, 9.17) is 0 Å². The van der Waals surface area contributed by atoms with Gasteiger partial charge in [-0.3, -0.25) is 0 Å². The number of aromatic nitrogens is 4. The molecule has 0 radical (unpaired) electrons. The fourth-order valence-corrected chi connectivity index (χ4v) is 4.42. The quantitative estimate of drug-likeness (QED) is 0.473. The molecule has 0 saturated heterocycles. The van der Waals surface area contributed by atoms with Crippen LogP contribution in [0.3, 0.4) is 0 Å². The summed E-state index contributed by atoms with van der Waals surface area (Å²) in [6.45, 7) is 8.62. The Kier molecular flexibility index (Phi) is 8.20. The average Bonchev–Trinajstić information content (AvgIpc) is 2.82. The van der Waals surface area contributed by atoms with Gasteiger partial charge in [0.05, 0.1) is 12.3 Å². The molecule has 1 heterocycles. The predicted molar refractivity (Wildman–Crippen MR) is 85.2 cm³/mol. The first-order valence-corrected chi connectivity index (χ1v) is 10.1. The Hall–Kier alpha value is -0.670. The largest absolute Gasteiger partial charge is 0.315 e. The van der Waals surface area contributed by atoms with E-state index in [0.717, 1.165) is 13.1 Å². The van der Waals surface area contributed by atoms with E-state index >= 15 is 0 Å². The molecule has 0 aliphatic heterocycles. The number of tetrazole rings is 1. The lowest BCUT2D eigenvalue weighted by Crippen LogP contribution is -2.24. The molecule has 1 aromatic rings. The van der Waals surface area contributed by atoms with Crippen molar-refractivity contribution in [3.63, 3.8) is 0 Å². The highest BCUT2D eigenvalue weighted by Gasteiger charge is 2.12. The first-order valence-electron chi connectivity index (χ1n) is 7.24. The highest BCUT2D eigenvalue weighted by atomic mass is 32.2. The maximum absolute atomic E-state index is 11.6. The van der Waals surface area contributed by atoms with E-state index in [1.165, 1.54) is 11.8 Å². The van der Waals surface area contributed by atoms with Gasteiger partial charge in [-0.25, -0.2) is 13.1 Å². The highest BCUT2D eigenvalue weighted by Crippen LogP contribution is 2.14. The zero-order chi connectivity index (χ0) is 15.7. The lowest BCUT2D eigenvalue weighted by molar-refractivity contribution is 0.482. The molecule has 7 nitrogen and oxygen atoms in total. The van der Waals surface area contributed by atoms with E-state index in [0.29, 0.717) is 29.8 Å². The van der Waals surface area contributed by atoms with Gasteiger partial charge in [-0.1, -0.05) is 32.5 Å². The molecule has 0 bridgehead atoms. The Morgan fingerprint density at radius 2 is 2.10 bits per heavy atom. The zero-order valence-electron chi connectivity index (χ0n) is 12.9. The standard InChI is InChI=1S/C12H25N5O2S2/c1-4-8-21(18,19)9-7-20-12-14-15-16-17(12)6-5-13-10-11(2)3/h11,13H,4-10H2,1-3H3. The fraction of sp³-hybridized carbons (Fsp3) is 0.917. The smallest absolute Gasteiger partial charge is 0.209 e. The second kappa shape index (κ2) is 9.37. The topological polar surface area (TPSA) is 89.8 Å². The molecule has 0 spiro atoms. The molecule has 0 aliphatic carbocycles. The van der Waals surface area contributed by atoms with Crippen LogP contribution in [0.4, 0.5) is 0 Å². The molecule has 0 atom stereocenters. The molecule has 9 heteroatoms. The Bertz CT molecular complexity index is 502. The van der Waals surface area contributed by atoms with Gasteiger partial charge in [0, 0.05) is 18.1 Å². The monoisotopic (exact) mass is 335 g/mol. The minimum atomic E-state index is -2.94. The summed E-state index contributed by atoms with van der Waals surface area (Å²) in [7, 11) is -2.94. The number of nitrogens with one attached hydrogen (secondary N) is 1. The van der Waals surface area contributed by atoms with Crippen molar-refractivity contribution >= 4 is 21.6 Å². The summed E-state index contributed by atoms with van der Waals surface area (Å²) >= 11 is 1.39. The normalized spacial score (nSPS) is 12.2. The van der Waals surface area contributed by atoms with Gasteiger partial charge in [-0.05, 0) is 29.3 Å². The lowest BCUT2D eigenvalue weighted by Gasteiger charge is -2.08. The molecular formula is C12H25N5O2S2. The third-order valence-corrected chi connectivity index (χ3v) is 5.77. The van der Waals surface area contributed by atoms with Crippen molar-refractivity contribution in [3.8, 4) is 0 Å². The second-order valence-electron chi connectivity index (χ2n) is 5.28. The first-order chi connectivity index (χ1) is 9.94. The van der Waals surface area contributed by atoms with Crippen LogP contribution in [0.5, 0.6) is 0 Å². The number of thioether (sulfide) groups is 1. The molecule has 0 aromatic carbocycles. The maximum Gasteiger partial charge on any atom is 0.209 e. The summed E-state index contributed by atoms with van der Waals surface area (Å²) in [5.41, 5.74) is 0. The van der Waals surface area contributed by atoms with Crippen LogP contribution >= 0.6 is 11.8 Å². The van der Waals surface area contributed by atoms with Crippen LogP contribution in [0, 0.1) is 5.92 Å². The van der Waals surface area contributed by atoms with Gasteiger partial charge >= 0.3 is 0 Å². The molecule has 0 saturated carbocycles. The van der Waals surface area contributed by atoms with Gasteiger partial charge in [0.1, 0.15) is 0 Å². The molecule has 0 amide bonds. The number of hydrogen-bond acceptors (Lipinski definition) is 7. The summed E-state index contributed by atoms with van der Waals surface area (Å²) in [4.78, 5) is 0. The number of hydrogen-bond donors (Lipinski definition) is 1. The molecule has 1 rings (SSSR count). The molecular weight excluding hydrogens is 310 g/mol. The molecule has 1 N–H and O–H groups in total. The number of sulfone groups is 1. The van der Waals surface area contributed by atoms with Crippen molar-refractivity contribution in [1.82, 2.24) is 25.5 Å². The van der Waals surface area contributed by atoms with Crippen LogP contribution in [0.2, 0.25) is 0 Å². The summed E-state index contributed by atoms with van der Waals surface area (Å²) < 4.78 is 25.0. The van der Waals surface area contributed by atoms with E-state index in [1.54, 1.807) is 4.68 Å². The lowest BCUT2D eigenvalue weighted by atomic mass is 10.2. The van der Waals surface area contributed by atoms with E-state index in [1.807, 2.05) is 6.92 Å². The van der Waals surface area contributed by atoms with Crippen molar-refractivity contribution < 1.29 is 8.42 Å². The predicted octanol–water partition coefficient (Wildman–Crippen LogP) is 0.836. The fourth-order valence-electron chi connectivity index (χ4n) is 1.69. The van der Waals surface area contributed by atoms with E-state index < -0.39 is 9.84 Å². The number of rotatable bonds is 11. The maximum atomic E-state index is 11.6. The van der Waals surface area contributed by atoms with Gasteiger partial charge in [0.25, 0.3) is 0 Å². The van der Waals surface area contributed by atoms with Gasteiger partial charge in [0.2, 0.25) is 5.16 Å². The summed E-state index contributed by atoms with van der Waals surface area (Å²) in [5.74, 6) is 1.51. The minimum Gasteiger partial charge on any atom is -0.315 e. The summed E-state index contributed by atoms with van der Waals surface area (Å²) in [6.07, 6.45) is 0.659. The number of nitrogens with zero attached hydrogens (tertiary/aromatic N) is 4. The van der Waals surface area contributed by atoms with Gasteiger partial charge in [-0.2, -0.15) is 0 Å². The van der Waals surface area contributed by atoms with Crippen molar-refractivity contribution in [2.24, 2.45) is 5.92 Å². The first kappa shape index (κ1) is 18.4. The average molecular weight is 335 g/mol. The third-order valence-electron chi connectivity index (χ3n) is 2.69. The van der Waals surface area contributed by atoms with E-state index in [2.05, 4.69) is 34.7 Å². The minimum absolute atomic E-state index is 0.171. The van der Waals surface area contributed by atoms with E-state index in [9.17, 15) is 8.42 Å². The SMILES string of the molecule is CCCS(=O)(=O)CCSc1nnnn1CCNCC(C)C. The molecule has 0 unspecified atom stereocenters. The Labute approximate surface area is 131 Å². The van der Waals surface area contributed by atoms with Crippen LogP contribution in [0.1, 0.15) is 27.2 Å². The van der Waals surface area contributed by atoms with Crippen LogP contribution in [-0.4, -0.2) is 59.0 Å². The van der Waals surface area contributed by atoms with Gasteiger partial charge in [0.15, 0.2) is 9.84 Å². The van der Waals surface area contributed by atoms with Crippen LogP contribution in [-0.2, 0) is 16.4 Å². The second-order valence-corrected chi connectivity index (χ2v) is 8.65. The molecule has 122 valence electrons. The van der Waals surface area contributed by atoms with Gasteiger partial charge in [-0.15, -0.1) is 5.10 Å². The summed E-state index contributed by atoms with van der Waals surface area (Å²) in [6, 6.07) is 0. The van der Waals surface area contributed by atoms with Gasteiger partial charge < -0.3 is 5.32 Å². The van der Waals surface area contributed by atoms with E-state index in [-0.39, 0.29) is 11.5 Å². The Balaban J connectivity index is 2.35.